The van der Waals surface area contributed by atoms with Gasteiger partial charge >= 0.3 is 0 Å². The van der Waals surface area contributed by atoms with Gasteiger partial charge in [0.1, 0.15) is 0 Å². The molecule has 1 N–H and O–H groups in total. The van der Waals surface area contributed by atoms with Gasteiger partial charge in [0.2, 0.25) is 0 Å². The molecule has 1 heterocycles. The van der Waals surface area contributed by atoms with E-state index in [0.29, 0.717) is 10.3 Å². The molecule has 2 nitrogen and oxygen atoms in total. The first-order valence-corrected chi connectivity index (χ1v) is 5.54. The lowest BCUT2D eigenvalue weighted by Gasteiger charge is -2.15. The molecule has 0 fully saturated rings. The molecule has 0 aromatic carbocycles. The van der Waals surface area contributed by atoms with E-state index >= 15 is 0 Å². The van der Waals surface area contributed by atoms with Crippen LogP contribution in [0.15, 0.2) is 16.7 Å². The van der Waals surface area contributed by atoms with E-state index in [1.807, 2.05) is 0 Å². The minimum absolute atomic E-state index is 0.290. The van der Waals surface area contributed by atoms with Crippen LogP contribution in [0.5, 0.6) is 0 Å². The number of nitrogens with zero attached hydrogens (tertiary/aromatic N) is 1. The Morgan fingerprint density at radius 2 is 2.14 bits per heavy atom. The molecular weight excluding hydrogens is 247 g/mol. The fourth-order valence-corrected chi connectivity index (χ4v) is 1.51. The molecule has 78 valence electrons. The molecule has 14 heavy (non-hydrogen) atoms. The summed E-state index contributed by atoms with van der Waals surface area (Å²) in [4.78, 5) is 3.98. The van der Waals surface area contributed by atoms with Crippen molar-refractivity contribution in [3.8, 4) is 0 Å². The molecule has 0 spiro atoms. The maximum atomic E-state index is 13.3. The van der Waals surface area contributed by atoms with Crippen molar-refractivity contribution in [1.29, 1.82) is 0 Å². The van der Waals surface area contributed by atoms with E-state index in [1.54, 1.807) is 6.20 Å². The molecule has 0 aliphatic heterocycles. The Kier molecular flexibility index (Phi) is 4.32. The van der Waals surface area contributed by atoms with Gasteiger partial charge in [0.15, 0.2) is 11.6 Å². The molecule has 1 aromatic rings. The van der Waals surface area contributed by atoms with Gasteiger partial charge in [-0.15, -0.1) is 0 Å². The molecule has 0 saturated carbocycles. The van der Waals surface area contributed by atoms with Crippen molar-refractivity contribution in [3.05, 3.63) is 22.6 Å². The highest BCUT2D eigenvalue weighted by molar-refractivity contribution is 9.10. The molecule has 0 saturated heterocycles. The Morgan fingerprint density at radius 3 is 2.64 bits per heavy atom. The first-order chi connectivity index (χ1) is 6.67. The van der Waals surface area contributed by atoms with Gasteiger partial charge in [0.05, 0.1) is 0 Å². The Bertz CT molecular complexity index is 300. The van der Waals surface area contributed by atoms with Crippen molar-refractivity contribution in [1.82, 2.24) is 4.98 Å². The summed E-state index contributed by atoms with van der Waals surface area (Å²) in [5.41, 5.74) is 0. The summed E-state index contributed by atoms with van der Waals surface area (Å²) < 4.78 is 14.0. The largest absolute Gasteiger partial charge is 0.365 e. The lowest BCUT2D eigenvalue weighted by Crippen LogP contribution is -2.18. The fraction of sp³-hybridized carbons (Fsp3) is 0.500. The first kappa shape index (κ1) is 11.4. The van der Waals surface area contributed by atoms with E-state index in [2.05, 4.69) is 40.1 Å². The van der Waals surface area contributed by atoms with Crippen LogP contribution < -0.4 is 5.32 Å². The van der Waals surface area contributed by atoms with E-state index < -0.39 is 0 Å². The van der Waals surface area contributed by atoms with Gasteiger partial charge in [-0.05, 0) is 34.8 Å². The van der Waals surface area contributed by atoms with Gasteiger partial charge in [-0.1, -0.05) is 13.8 Å². The summed E-state index contributed by atoms with van der Waals surface area (Å²) in [6.45, 7) is 4.13. The topological polar surface area (TPSA) is 24.9 Å². The zero-order valence-corrected chi connectivity index (χ0v) is 9.94. The maximum absolute atomic E-state index is 13.3. The van der Waals surface area contributed by atoms with Crippen LogP contribution in [0.4, 0.5) is 10.2 Å². The third kappa shape index (κ3) is 2.94. The molecular formula is C10H14BrFN2. The fourth-order valence-electron chi connectivity index (χ4n) is 1.21. The average Bonchev–Trinajstić information content (AvgIpc) is 2.17. The van der Waals surface area contributed by atoms with Gasteiger partial charge in [0.25, 0.3) is 0 Å². The van der Waals surface area contributed by atoms with Crippen LogP contribution in [-0.2, 0) is 0 Å². The van der Waals surface area contributed by atoms with Gasteiger partial charge in [-0.25, -0.2) is 9.37 Å². The molecule has 0 atom stereocenters. The van der Waals surface area contributed by atoms with Crippen molar-refractivity contribution in [2.75, 3.05) is 5.32 Å². The molecule has 0 amide bonds. The second-order valence-electron chi connectivity index (χ2n) is 3.14. The number of nitrogens with one attached hydrogen (secondary N) is 1. The van der Waals surface area contributed by atoms with Crippen LogP contribution in [0, 0.1) is 5.82 Å². The second kappa shape index (κ2) is 5.29. The Morgan fingerprint density at radius 1 is 1.50 bits per heavy atom. The Labute approximate surface area is 92.1 Å². The van der Waals surface area contributed by atoms with Crippen molar-refractivity contribution in [2.24, 2.45) is 0 Å². The summed E-state index contributed by atoms with van der Waals surface area (Å²) in [6.07, 6.45) is 3.52. The highest BCUT2D eigenvalue weighted by atomic mass is 79.9. The smallest absolute Gasteiger partial charge is 0.166 e. The summed E-state index contributed by atoms with van der Waals surface area (Å²) in [5, 5.41) is 3.07. The summed E-state index contributed by atoms with van der Waals surface area (Å²) in [7, 11) is 0. The number of aromatic nitrogens is 1. The minimum Gasteiger partial charge on any atom is -0.365 e. The zero-order chi connectivity index (χ0) is 10.6. The molecule has 0 bridgehead atoms. The molecule has 1 aromatic heterocycles. The number of hydrogen-bond donors (Lipinski definition) is 1. The quantitative estimate of drug-likeness (QED) is 0.895. The van der Waals surface area contributed by atoms with E-state index in [4.69, 9.17) is 0 Å². The number of anilines is 1. The molecule has 0 aliphatic carbocycles. The molecule has 1 rings (SSSR count). The van der Waals surface area contributed by atoms with Crippen LogP contribution >= 0.6 is 15.9 Å². The maximum Gasteiger partial charge on any atom is 0.166 e. The first-order valence-electron chi connectivity index (χ1n) is 4.75. The minimum atomic E-state index is -0.314. The van der Waals surface area contributed by atoms with Crippen LogP contribution in [0.1, 0.15) is 26.7 Å². The van der Waals surface area contributed by atoms with Crippen molar-refractivity contribution < 1.29 is 4.39 Å². The third-order valence-electron chi connectivity index (χ3n) is 2.13. The second-order valence-corrected chi connectivity index (χ2v) is 4.06. The van der Waals surface area contributed by atoms with E-state index in [-0.39, 0.29) is 11.9 Å². The Balaban J connectivity index is 2.76. The standard InChI is InChI=1S/C10H14BrFN2/c1-3-8(4-2)14-10-9(12)5-7(11)6-13-10/h5-6,8H,3-4H2,1-2H3,(H,13,14). The SMILES string of the molecule is CCC(CC)Nc1ncc(Br)cc1F. The highest BCUT2D eigenvalue weighted by Gasteiger charge is 2.08. The number of halogens is 2. The van der Waals surface area contributed by atoms with Gasteiger partial charge < -0.3 is 5.32 Å². The highest BCUT2D eigenvalue weighted by Crippen LogP contribution is 2.17. The Hall–Kier alpha value is -0.640. The molecule has 0 unspecified atom stereocenters. The van der Waals surface area contributed by atoms with Gasteiger partial charge in [-0.3, -0.25) is 0 Å². The van der Waals surface area contributed by atoms with Crippen molar-refractivity contribution in [2.45, 2.75) is 32.7 Å². The normalized spacial score (nSPS) is 10.6. The van der Waals surface area contributed by atoms with Crippen LogP contribution in [-0.4, -0.2) is 11.0 Å². The van der Waals surface area contributed by atoms with Gasteiger partial charge in [-0.2, -0.15) is 0 Å². The van der Waals surface area contributed by atoms with E-state index in [1.165, 1.54) is 6.07 Å². The van der Waals surface area contributed by atoms with Crippen molar-refractivity contribution >= 4 is 21.7 Å². The molecule has 4 heteroatoms. The van der Waals surface area contributed by atoms with Crippen LogP contribution in [0.3, 0.4) is 0 Å². The van der Waals surface area contributed by atoms with E-state index in [9.17, 15) is 4.39 Å². The van der Waals surface area contributed by atoms with Crippen molar-refractivity contribution in [3.63, 3.8) is 0 Å². The monoisotopic (exact) mass is 260 g/mol. The zero-order valence-electron chi connectivity index (χ0n) is 8.35. The lowest BCUT2D eigenvalue weighted by atomic mass is 10.2. The summed E-state index contributed by atoms with van der Waals surface area (Å²) in [5.74, 6) is 0.0215. The third-order valence-corrected chi connectivity index (χ3v) is 2.57. The number of pyridine rings is 1. The van der Waals surface area contributed by atoms with Gasteiger partial charge in [0, 0.05) is 16.7 Å². The molecule has 0 aliphatic rings. The lowest BCUT2D eigenvalue weighted by molar-refractivity contribution is 0.607. The predicted molar refractivity (Wildman–Crippen MR) is 59.9 cm³/mol. The summed E-state index contributed by atoms with van der Waals surface area (Å²) >= 11 is 3.17. The average molecular weight is 261 g/mol. The predicted octanol–water partition coefficient (Wildman–Crippen LogP) is 3.58. The van der Waals surface area contributed by atoms with Crippen LogP contribution in [0.25, 0.3) is 0 Å². The number of hydrogen-bond acceptors (Lipinski definition) is 2. The molecule has 0 radical (unpaired) electrons. The summed E-state index contributed by atoms with van der Waals surface area (Å²) in [6, 6.07) is 1.70. The number of rotatable bonds is 4. The van der Waals surface area contributed by atoms with Crippen LogP contribution in [0.2, 0.25) is 0 Å². The van der Waals surface area contributed by atoms with E-state index in [0.717, 1.165) is 12.8 Å².